The summed E-state index contributed by atoms with van der Waals surface area (Å²) in [5, 5.41) is 16.6. The summed E-state index contributed by atoms with van der Waals surface area (Å²) >= 11 is 0. The fourth-order valence-electron chi connectivity index (χ4n) is 2.32. The number of carbonyl (C=O) groups excluding carboxylic acids is 1. The molecule has 6 nitrogen and oxygen atoms in total. The molecule has 18 heavy (non-hydrogen) atoms. The summed E-state index contributed by atoms with van der Waals surface area (Å²) in [7, 11) is 0. The molecule has 1 atom stereocenters. The number of hydrogen-bond donors (Lipinski definition) is 2. The fourth-order valence-corrected chi connectivity index (χ4v) is 2.32. The van der Waals surface area contributed by atoms with Crippen LogP contribution in [0, 0.1) is 0 Å². The molecule has 0 saturated carbocycles. The van der Waals surface area contributed by atoms with Crippen molar-refractivity contribution in [3.8, 4) is 0 Å². The van der Waals surface area contributed by atoms with Gasteiger partial charge in [-0.15, -0.1) is 10.2 Å². The van der Waals surface area contributed by atoms with Crippen LogP contribution in [0.3, 0.4) is 0 Å². The summed E-state index contributed by atoms with van der Waals surface area (Å²) in [5.41, 5.74) is 5.76. The Bertz CT molecular complexity index is 405. The molecule has 2 rings (SSSR count). The standard InChI is InChI=1S/C12H18N4O2/c13-11-5-4-10(14-15-11)12(18)16-7-2-1-3-9(16)6-8-17/h4-5,9,17H,1-3,6-8H2,(H2,13,15). The van der Waals surface area contributed by atoms with Gasteiger partial charge in [0.15, 0.2) is 5.69 Å². The molecule has 2 heterocycles. The first kappa shape index (κ1) is 12.8. The molecule has 1 aliphatic rings. The first-order valence-electron chi connectivity index (χ1n) is 6.23. The number of nitrogen functional groups attached to an aromatic ring is 1. The molecule has 1 fully saturated rings. The Hall–Kier alpha value is -1.69. The topological polar surface area (TPSA) is 92.3 Å². The van der Waals surface area contributed by atoms with Crippen molar-refractivity contribution < 1.29 is 9.90 Å². The maximum absolute atomic E-state index is 12.3. The number of rotatable bonds is 3. The van der Waals surface area contributed by atoms with Gasteiger partial charge in [-0.3, -0.25) is 4.79 Å². The molecule has 3 N–H and O–H groups in total. The Morgan fingerprint density at radius 2 is 2.28 bits per heavy atom. The first-order valence-corrected chi connectivity index (χ1v) is 6.23. The largest absolute Gasteiger partial charge is 0.396 e. The zero-order chi connectivity index (χ0) is 13.0. The minimum absolute atomic E-state index is 0.0991. The molecule has 0 aliphatic carbocycles. The number of anilines is 1. The highest BCUT2D eigenvalue weighted by Gasteiger charge is 2.27. The van der Waals surface area contributed by atoms with Gasteiger partial charge in [-0.25, -0.2) is 0 Å². The summed E-state index contributed by atoms with van der Waals surface area (Å²) in [5.74, 6) is 0.178. The average Bonchev–Trinajstić information content (AvgIpc) is 2.40. The number of nitrogens with zero attached hydrogens (tertiary/aromatic N) is 3. The zero-order valence-corrected chi connectivity index (χ0v) is 10.2. The SMILES string of the molecule is Nc1ccc(C(=O)N2CCCCC2CCO)nn1. The summed E-state index contributed by atoms with van der Waals surface area (Å²) in [6.07, 6.45) is 3.65. The number of aliphatic hydroxyl groups is 1. The quantitative estimate of drug-likeness (QED) is 0.811. The number of nitrogens with two attached hydrogens (primary N) is 1. The lowest BCUT2D eigenvalue weighted by Gasteiger charge is -2.35. The molecule has 1 amide bonds. The van der Waals surface area contributed by atoms with E-state index in [9.17, 15) is 4.79 Å². The Morgan fingerprint density at radius 3 is 2.94 bits per heavy atom. The van der Waals surface area contributed by atoms with Gasteiger partial charge in [0.2, 0.25) is 0 Å². The number of likely N-dealkylation sites (tertiary alicyclic amines) is 1. The Labute approximate surface area is 106 Å². The van der Waals surface area contributed by atoms with Crippen LogP contribution >= 0.6 is 0 Å². The smallest absolute Gasteiger partial charge is 0.274 e. The van der Waals surface area contributed by atoms with Crippen LogP contribution in [-0.4, -0.2) is 45.3 Å². The molecule has 0 spiro atoms. The maximum Gasteiger partial charge on any atom is 0.274 e. The normalized spacial score (nSPS) is 19.8. The molecule has 1 aromatic heterocycles. The molecule has 1 unspecified atom stereocenters. The predicted octanol–water partition coefficient (Wildman–Crippen LogP) is 0.436. The van der Waals surface area contributed by atoms with E-state index < -0.39 is 0 Å². The summed E-state index contributed by atoms with van der Waals surface area (Å²) < 4.78 is 0. The zero-order valence-electron chi connectivity index (χ0n) is 10.2. The average molecular weight is 250 g/mol. The number of aromatic nitrogens is 2. The van der Waals surface area contributed by atoms with E-state index in [1.807, 2.05) is 0 Å². The van der Waals surface area contributed by atoms with Gasteiger partial charge < -0.3 is 15.7 Å². The van der Waals surface area contributed by atoms with E-state index >= 15 is 0 Å². The van der Waals surface area contributed by atoms with Gasteiger partial charge in [0.05, 0.1) is 0 Å². The minimum atomic E-state index is -0.124. The third-order valence-corrected chi connectivity index (χ3v) is 3.25. The monoisotopic (exact) mass is 250 g/mol. The van der Waals surface area contributed by atoms with Gasteiger partial charge in [-0.1, -0.05) is 0 Å². The molecule has 98 valence electrons. The van der Waals surface area contributed by atoms with Crippen molar-refractivity contribution in [1.29, 1.82) is 0 Å². The van der Waals surface area contributed by atoms with Crippen LogP contribution in [-0.2, 0) is 0 Å². The van der Waals surface area contributed by atoms with Crippen LogP contribution in [0.15, 0.2) is 12.1 Å². The molecule has 0 bridgehead atoms. The predicted molar refractivity (Wildman–Crippen MR) is 66.8 cm³/mol. The lowest BCUT2D eigenvalue weighted by atomic mass is 9.99. The number of aliphatic hydroxyl groups excluding tert-OH is 1. The van der Waals surface area contributed by atoms with Crippen molar-refractivity contribution >= 4 is 11.7 Å². The molecule has 0 radical (unpaired) electrons. The van der Waals surface area contributed by atoms with Gasteiger partial charge in [0.25, 0.3) is 5.91 Å². The van der Waals surface area contributed by atoms with Gasteiger partial charge in [-0.05, 0) is 37.8 Å². The number of amides is 1. The van der Waals surface area contributed by atoms with Crippen LogP contribution in [0.1, 0.15) is 36.2 Å². The molecule has 0 aromatic carbocycles. The highest BCUT2D eigenvalue weighted by Crippen LogP contribution is 2.21. The van der Waals surface area contributed by atoms with Crippen LogP contribution in [0.5, 0.6) is 0 Å². The Kier molecular flexibility index (Phi) is 4.09. The lowest BCUT2D eigenvalue weighted by molar-refractivity contribution is 0.0567. The lowest BCUT2D eigenvalue weighted by Crippen LogP contribution is -2.44. The number of carbonyl (C=O) groups is 1. The van der Waals surface area contributed by atoms with Crippen molar-refractivity contribution in [3.05, 3.63) is 17.8 Å². The van der Waals surface area contributed by atoms with Gasteiger partial charge >= 0.3 is 0 Å². The molecule has 6 heteroatoms. The summed E-state index contributed by atoms with van der Waals surface area (Å²) in [6.45, 7) is 0.817. The van der Waals surface area contributed by atoms with E-state index in [0.717, 1.165) is 25.8 Å². The van der Waals surface area contributed by atoms with Gasteiger partial charge in [-0.2, -0.15) is 0 Å². The number of hydrogen-bond acceptors (Lipinski definition) is 5. The summed E-state index contributed by atoms with van der Waals surface area (Å²) in [4.78, 5) is 14.1. The second-order valence-electron chi connectivity index (χ2n) is 4.50. The van der Waals surface area contributed by atoms with E-state index in [0.29, 0.717) is 17.9 Å². The van der Waals surface area contributed by atoms with E-state index in [-0.39, 0.29) is 18.6 Å². The van der Waals surface area contributed by atoms with Gasteiger partial charge in [0, 0.05) is 19.2 Å². The van der Waals surface area contributed by atoms with E-state index in [1.54, 1.807) is 17.0 Å². The molecule has 1 saturated heterocycles. The van der Waals surface area contributed by atoms with Crippen molar-refractivity contribution in [2.45, 2.75) is 31.7 Å². The Balaban J connectivity index is 2.12. The summed E-state index contributed by atoms with van der Waals surface area (Å²) in [6, 6.07) is 3.27. The molecular formula is C12H18N4O2. The maximum atomic E-state index is 12.3. The molecule has 1 aliphatic heterocycles. The fraction of sp³-hybridized carbons (Fsp3) is 0.583. The third-order valence-electron chi connectivity index (χ3n) is 3.25. The highest BCUT2D eigenvalue weighted by molar-refractivity contribution is 5.92. The van der Waals surface area contributed by atoms with Crippen molar-refractivity contribution in [2.24, 2.45) is 0 Å². The van der Waals surface area contributed by atoms with E-state index in [1.165, 1.54) is 0 Å². The third kappa shape index (κ3) is 2.76. The van der Waals surface area contributed by atoms with Gasteiger partial charge in [0.1, 0.15) is 5.82 Å². The van der Waals surface area contributed by atoms with Crippen molar-refractivity contribution in [2.75, 3.05) is 18.9 Å². The minimum Gasteiger partial charge on any atom is -0.396 e. The van der Waals surface area contributed by atoms with Crippen LogP contribution in [0.4, 0.5) is 5.82 Å². The van der Waals surface area contributed by atoms with E-state index in [2.05, 4.69) is 10.2 Å². The van der Waals surface area contributed by atoms with Crippen molar-refractivity contribution in [1.82, 2.24) is 15.1 Å². The van der Waals surface area contributed by atoms with E-state index in [4.69, 9.17) is 10.8 Å². The second kappa shape index (κ2) is 5.77. The Morgan fingerprint density at radius 1 is 1.44 bits per heavy atom. The van der Waals surface area contributed by atoms with Crippen LogP contribution in [0.25, 0.3) is 0 Å². The van der Waals surface area contributed by atoms with Crippen molar-refractivity contribution in [3.63, 3.8) is 0 Å². The number of piperidine rings is 1. The van der Waals surface area contributed by atoms with Crippen LogP contribution < -0.4 is 5.73 Å². The first-order chi connectivity index (χ1) is 8.72. The highest BCUT2D eigenvalue weighted by atomic mass is 16.3. The second-order valence-corrected chi connectivity index (χ2v) is 4.50. The molecular weight excluding hydrogens is 232 g/mol. The van der Waals surface area contributed by atoms with Crippen LogP contribution in [0.2, 0.25) is 0 Å². The molecule has 1 aromatic rings.